The molecule has 0 bridgehead atoms. The molecule has 0 aliphatic rings. The van der Waals surface area contributed by atoms with E-state index in [-0.39, 0.29) is 18.2 Å². The molecule has 0 saturated heterocycles. The Labute approximate surface area is 121 Å². The predicted molar refractivity (Wildman–Crippen MR) is 77.5 cm³/mol. The van der Waals surface area contributed by atoms with Crippen LogP contribution < -0.4 is 5.32 Å². The van der Waals surface area contributed by atoms with Crippen LogP contribution in [0.4, 0.5) is 5.82 Å². The third-order valence-corrected chi connectivity index (χ3v) is 3.07. The number of hydrogen-bond acceptors (Lipinski definition) is 6. The van der Waals surface area contributed by atoms with Crippen molar-refractivity contribution >= 4 is 22.7 Å². The quantitative estimate of drug-likeness (QED) is 0.702. The van der Waals surface area contributed by atoms with Crippen molar-refractivity contribution in [2.75, 3.05) is 25.6 Å². The zero-order chi connectivity index (χ0) is 15.2. The molecule has 0 saturated carbocycles. The molecule has 0 fully saturated rings. The zero-order valence-corrected chi connectivity index (χ0v) is 11.6. The molecular formula is C14H17N3O4. The summed E-state index contributed by atoms with van der Waals surface area (Å²) in [6.07, 6.45) is 1.89. The molecule has 7 nitrogen and oxygen atoms in total. The molecule has 112 valence electrons. The maximum atomic E-state index is 11.0. The van der Waals surface area contributed by atoms with Crippen molar-refractivity contribution in [2.24, 2.45) is 0 Å². The Hall–Kier alpha value is -2.25. The zero-order valence-electron chi connectivity index (χ0n) is 11.6. The van der Waals surface area contributed by atoms with E-state index in [9.17, 15) is 4.79 Å². The molecule has 3 N–H and O–H groups in total. The number of benzene rings is 1. The molecule has 0 aliphatic heterocycles. The number of rotatable bonds is 7. The van der Waals surface area contributed by atoms with Crippen molar-refractivity contribution in [1.29, 1.82) is 0 Å². The highest BCUT2D eigenvalue weighted by atomic mass is 16.5. The molecule has 0 spiro atoms. The van der Waals surface area contributed by atoms with Crippen molar-refractivity contribution in [3.8, 4) is 0 Å². The molecule has 1 aromatic heterocycles. The monoisotopic (exact) mass is 291 g/mol. The van der Waals surface area contributed by atoms with Gasteiger partial charge >= 0.3 is 5.97 Å². The van der Waals surface area contributed by atoms with Crippen LogP contribution in [0.15, 0.2) is 24.5 Å². The lowest BCUT2D eigenvalue weighted by Crippen LogP contribution is -2.26. The van der Waals surface area contributed by atoms with Crippen LogP contribution in [-0.2, 0) is 4.74 Å². The van der Waals surface area contributed by atoms with Gasteiger partial charge in [-0.15, -0.1) is 0 Å². The van der Waals surface area contributed by atoms with Gasteiger partial charge in [-0.1, -0.05) is 0 Å². The van der Waals surface area contributed by atoms with Gasteiger partial charge in [0, 0.05) is 19.1 Å². The second-order valence-electron chi connectivity index (χ2n) is 4.57. The highest BCUT2D eigenvalue weighted by molar-refractivity contribution is 5.96. The fourth-order valence-electron chi connectivity index (χ4n) is 2.05. The summed E-state index contributed by atoms with van der Waals surface area (Å²) in [5, 5.41) is 22.0. The van der Waals surface area contributed by atoms with E-state index in [1.165, 1.54) is 18.5 Å². The summed E-state index contributed by atoms with van der Waals surface area (Å²) in [5.41, 5.74) is 0.725. The van der Waals surface area contributed by atoms with Crippen LogP contribution in [0.3, 0.4) is 0 Å². The van der Waals surface area contributed by atoms with Gasteiger partial charge in [-0.05, 0) is 24.6 Å². The molecule has 1 aromatic carbocycles. The third kappa shape index (κ3) is 3.65. The van der Waals surface area contributed by atoms with E-state index in [1.54, 1.807) is 13.2 Å². The predicted octanol–water partition coefficient (Wildman–Crippen LogP) is 1.14. The minimum Gasteiger partial charge on any atom is -0.478 e. The number of nitrogens with zero attached hydrogens (tertiary/aromatic N) is 2. The lowest BCUT2D eigenvalue weighted by Gasteiger charge is -2.18. The minimum atomic E-state index is -0.998. The Morgan fingerprint density at radius 3 is 2.90 bits per heavy atom. The second kappa shape index (κ2) is 6.96. The highest BCUT2D eigenvalue weighted by Gasteiger charge is 2.12. The fourth-order valence-corrected chi connectivity index (χ4v) is 2.05. The lowest BCUT2D eigenvalue weighted by atomic mass is 10.1. The summed E-state index contributed by atoms with van der Waals surface area (Å²) >= 11 is 0. The van der Waals surface area contributed by atoms with Gasteiger partial charge in [0.25, 0.3) is 0 Å². The molecule has 0 amide bonds. The molecule has 1 atom stereocenters. The molecule has 1 unspecified atom stereocenters. The van der Waals surface area contributed by atoms with E-state index >= 15 is 0 Å². The number of ether oxygens (including phenoxy) is 1. The molecule has 7 heteroatoms. The topological polar surface area (TPSA) is 105 Å². The fraction of sp³-hybridized carbons (Fsp3) is 0.357. The normalized spacial score (nSPS) is 12.3. The van der Waals surface area contributed by atoms with Crippen LogP contribution in [0, 0.1) is 0 Å². The van der Waals surface area contributed by atoms with E-state index < -0.39 is 5.97 Å². The van der Waals surface area contributed by atoms with Crippen molar-refractivity contribution in [1.82, 2.24) is 9.97 Å². The Bertz CT molecular complexity index is 627. The number of aromatic carboxylic acids is 1. The van der Waals surface area contributed by atoms with Gasteiger partial charge in [0.2, 0.25) is 0 Å². The Morgan fingerprint density at radius 1 is 1.43 bits per heavy atom. The van der Waals surface area contributed by atoms with Crippen LogP contribution in [0.5, 0.6) is 0 Å². The number of aliphatic hydroxyl groups excluding tert-OH is 1. The first-order chi connectivity index (χ1) is 10.2. The van der Waals surface area contributed by atoms with E-state index in [2.05, 4.69) is 15.3 Å². The summed E-state index contributed by atoms with van der Waals surface area (Å²) in [6, 6.07) is 4.60. The van der Waals surface area contributed by atoms with Crippen molar-refractivity contribution in [3.63, 3.8) is 0 Å². The smallest absolute Gasteiger partial charge is 0.335 e. The number of nitrogens with one attached hydrogen (secondary N) is 1. The van der Waals surface area contributed by atoms with Gasteiger partial charge in [0.15, 0.2) is 0 Å². The summed E-state index contributed by atoms with van der Waals surface area (Å²) in [5.74, 6) is -0.407. The summed E-state index contributed by atoms with van der Waals surface area (Å²) in [7, 11) is 1.59. The molecule has 2 rings (SSSR count). The van der Waals surface area contributed by atoms with Gasteiger partial charge in [-0.2, -0.15) is 0 Å². The molecule has 0 radical (unpaired) electrons. The minimum absolute atomic E-state index is 0.0349. The number of carboxylic acid groups (broad SMARTS) is 1. The van der Waals surface area contributed by atoms with Crippen LogP contribution in [-0.4, -0.2) is 52.5 Å². The Kier molecular flexibility index (Phi) is 5.02. The third-order valence-electron chi connectivity index (χ3n) is 3.07. The molecule has 1 heterocycles. The number of fused-ring (bicyclic) bond motifs is 1. The van der Waals surface area contributed by atoms with Gasteiger partial charge in [-0.3, -0.25) is 0 Å². The van der Waals surface area contributed by atoms with Crippen LogP contribution in [0.25, 0.3) is 10.9 Å². The van der Waals surface area contributed by atoms with E-state index in [4.69, 9.17) is 14.9 Å². The number of aliphatic hydroxyl groups is 1. The summed E-state index contributed by atoms with van der Waals surface area (Å²) in [4.78, 5) is 19.2. The maximum absolute atomic E-state index is 11.0. The second-order valence-corrected chi connectivity index (χ2v) is 4.57. The number of carboxylic acids is 1. The van der Waals surface area contributed by atoms with E-state index in [1.807, 2.05) is 0 Å². The number of methoxy groups -OCH3 is 1. The SMILES string of the molecule is COCC(CCO)Nc1ncnc2cc(C(=O)O)ccc12. The summed E-state index contributed by atoms with van der Waals surface area (Å²) < 4.78 is 5.10. The average molecular weight is 291 g/mol. The Morgan fingerprint density at radius 2 is 2.24 bits per heavy atom. The first kappa shape index (κ1) is 15.1. The van der Waals surface area contributed by atoms with Gasteiger partial charge in [0.1, 0.15) is 12.1 Å². The first-order valence-corrected chi connectivity index (χ1v) is 6.50. The van der Waals surface area contributed by atoms with Gasteiger partial charge in [0.05, 0.1) is 23.7 Å². The van der Waals surface area contributed by atoms with Gasteiger partial charge in [-0.25, -0.2) is 14.8 Å². The van der Waals surface area contributed by atoms with Crippen molar-refractivity contribution in [3.05, 3.63) is 30.1 Å². The largest absolute Gasteiger partial charge is 0.478 e. The van der Waals surface area contributed by atoms with E-state index in [0.29, 0.717) is 24.4 Å². The first-order valence-electron chi connectivity index (χ1n) is 6.50. The highest BCUT2D eigenvalue weighted by Crippen LogP contribution is 2.21. The van der Waals surface area contributed by atoms with Crippen molar-refractivity contribution in [2.45, 2.75) is 12.5 Å². The van der Waals surface area contributed by atoms with Crippen LogP contribution in [0.1, 0.15) is 16.8 Å². The lowest BCUT2D eigenvalue weighted by molar-refractivity contribution is 0.0697. The molecule has 2 aromatic rings. The number of carbonyl (C=O) groups is 1. The Balaban J connectivity index is 2.33. The van der Waals surface area contributed by atoms with E-state index in [0.717, 1.165) is 5.39 Å². The van der Waals surface area contributed by atoms with Gasteiger partial charge < -0.3 is 20.3 Å². The maximum Gasteiger partial charge on any atom is 0.335 e. The van der Waals surface area contributed by atoms with Crippen molar-refractivity contribution < 1.29 is 19.7 Å². The number of hydrogen-bond donors (Lipinski definition) is 3. The number of aromatic nitrogens is 2. The average Bonchev–Trinajstić information content (AvgIpc) is 2.47. The number of anilines is 1. The standard InChI is InChI=1S/C14H17N3O4/c1-21-7-10(4-5-18)17-13-11-3-2-9(14(19)20)6-12(11)15-8-16-13/h2-3,6,8,10,18H,4-5,7H2,1H3,(H,19,20)(H,15,16,17). The van der Waals surface area contributed by atoms with Crippen LogP contribution >= 0.6 is 0 Å². The molecule has 0 aliphatic carbocycles. The van der Waals surface area contributed by atoms with Crippen LogP contribution in [0.2, 0.25) is 0 Å². The summed E-state index contributed by atoms with van der Waals surface area (Å²) in [6.45, 7) is 0.465. The molecule has 21 heavy (non-hydrogen) atoms. The molecular weight excluding hydrogens is 274 g/mol.